The Morgan fingerprint density at radius 3 is 2.38 bits per heavy atom. The van der Waals surface area contributed by atoms with Crippen molar-refractivity contribution in [1.29, 1.82) is 0 Å². The Balaban J connectivity index is 3.21. The largest absolute Gasteiger partial charge is 0.466 e. The number of benzene rings is 1. The molecule has 0 fully saturated rings. The Hall–Kier alpha value is -0.290. The highest BCUT2D eigenvalue weighted by atomic mass is 127. The van der Waals surface area contributed by atoms with E-state index >= 15 is 0 Å². The van der Waals surface area contributed by atoms with Crippen molar-refractivity contribution in [1.82, 2.24) is 0 Å². The maximum absolute atomic E-state index is 5.67. The van der Waals surface area contributed by atoms with E-state index in [1.807, 2.05) is 0 Å². The van der Waals surface area contributed by atoms with Crippen molar-refractivity contribution in [2.75, 3.05) is 13.9 Å². The minimum Gasteiger partial charge on any atom is -0.466 e. The van der Waals surface area contributed by atoms with Crippen molar-refractivity contribution >= 4 is 22.6 Å². The number of halogens is 1. The van der Waals surface area contributed by atoms with Gasteiger partial charge in [0.2, 0.25) is 0 Å². The van der Waals surface area contributed by atoms with Crippen LogP contribution in [-0.2, 0) is 10.2 Å². The van der Waals surface area contributed by atoms with Crippen LogP contribution in [0.4, 0.5) is 0 Å². The summed E-state index contributed by atoms with van der Waals surface area (Å²) in [7, 11) is 1.64. The molecule has 0 bridgehead atoms. The molecule has 0 saturated heterocycles. The van der Waals surface area contributed by atoms with Crippen molar-refractivity contribution in [3.8, 4) is 5.75 Å². The predicted molar refractivity (Wildman–Crippen MR) is 75.1 cm³/mol. The second kappa shape index (κ2) is 5.36. The number of aryl methyl sites for hydroxylation is 1. The first-order chi connectivity index (χ1) is 7.36. The predicted octanol–water partition coefficient (Wildman–Crippen LogP) is 3.88. The van der Waals surface area contributed by atoms with Crippen LogP contribution in [0, 0.1) is 10.5 Å². The van der Waals surface area contributed by atoms with E-state index in [0.29, 0.717) is 6.79 Å². The van der Waals surface area contributed by atoms with Gasteiger partial charge in [-0.15, -0.1) is 0 Å². The van der Waals surface area contributed by atoms with E-state index in [1.54, 1.807) is 7.11 Å². The van der Waals surface area contributed by atoms with E-state index in [4.69, 9.17) is 9.47 Å². The summed E-state index contributed by atoms with van der Waals surface area (Å²) in [5.41, 5.74) is 2.57. The third kappa shape index (κ3) is 3.35. The standard InChI is InChI=1S/C13H19IO2/c1-9-6-10(13(2,3)4)12(11(14)7-9)16-8-15-5/h6-7H,8H2,1-5H3. The Kier molecular flexibility index (Phi) is 4.62. The topological polar surface area (TPSA) is 18.5 Å². The molecule has 0 aromatic heterocycles. The molecule has 1 aromatic rings. The zero-order valence-electron chi connectivity index (χ0n) is 10.6. The summed E-state index contributed by atoms with van der Waals surface area (Å²) in [6.45, 7) is 8.98. The molecule has 0 amide bonds. The third-order valence-corrected chi connectivity index (χ3v) is 3.12. The molecule has 0 atom stereocenters. The van der Waals surface area contributed by atoms with Gasteiger partial charge in [0.1, 0.15) is 5.75 Å². The molecule has 1 rings (SSSR count). The highest BCUT2D eigenvalue weighted by Crippen LogP contribution is 2.35. The van der Waals surface area contributed by atoms with Gasteiger partial charge in [-0.3, -0.25) is 0 Å². The SMILES string of the molecule is COCOc1c(I)cc(C)cc1C(C)(C)C. The first kappa shape index (κ1) is 13.8. The normalized spacial score (nSPS) is 11.6. The zero-order valence-corrected chi connectivity index (χ0v) is 12.7. The molecule has 3 heteroatoms. The van der Waals surface area contributed by atoms with Gasteiger partial charge in [0, 0.05) is 12.7 Å². The van der Waals surface area contributed by atoms with Gasteiger partial charge in [-0.2, -0.15) is 0 Å². The van der Waals surface area contributed by atoms with Crippen molar-refractivity contribution in [2.45, 2.75) is 33.1 Å². The maximum atomic E-state index is 5.67. The van der Waals surface area contributed by atoms with E-state index in [-0.39, 0.29) is 5.41 Å². The lowest BCUT2D eigenvalue weighted by Crippen LogP contribution is -2.15. The van der Waals surface area contributed by atoms with Gasteiger partial charge in [0.15, 0.2) is 6.79 Å². The van der Waals surface area contributed by atoms with Crippen LogP contribution in [0.1, 0.15) is 31.9 Å². The molecule has 1 aromatic carbocycles. The van der Waals surface area contributed by atoms with E-state index in [9.17, 15) is 0 Å². The number of hydrogen-bond acceptors (Lipinski definition) is 2. The molecule has 0 saturated carbocycles. The molecule has 0 unspecified atom stereocenters. The van der Waals surface area contributed by atoms with E-state index in [2.05, 4.69) is 62.4 Å². The molecule has 90 valence electrons. The van der Waals surface area contributed by atoms with E-state index in [1.165, 1.54) is 11.1 Å². The second-order valence-corrected chi connectivity index (χ2v) is 6.09. The highest BCUT2D eigenvalue weighted by Gasteiger charge is 2.21. The second-order valence-electron chi connectivity index (χ2n) is 4.92. The Morgan fingerprint density at radius 2 is 1.88 bits per heavy atom. The van der Waals surface area contributed by atoms with Gasteiger partial charge in [0.25, 0.3) is 0 Å². The zero-order chi connectivity index (χ0) is 12.3. The minimum absolute atomic E-state index is 0.0784. The molecule has 0 N–H and O–H groups in total. The Morgan fingerprint density at radius 1 is 1.25 bits per heavy atom. The summed E-state index contributed by atoms with van der Waals surface area (Å²) in [5.74, 6) is 0.945. The lowest BCUT2D eigenvalue weighted by Gasteiger charge is -2.24. The molecule has 0 spiro atoms. The fourth-order valence-corrected chi connectivity index (χ4v) is 2.49. The van der Waals surface area contributed by atoms with Crippen LogP contribution in [0.25, 0.3) is 0 Å². The summed E-state index contributed by atoms with van der Waals surface area (Å²) in [5, 5.41) is 0. The van der Waals surface area contributed by atoms with Crippen molar-refractivity contribution in [3.63, 3.8) is 0 Å². The van der Waals surface area contributed by atoms with Crippen molar-refractivity contribution in [2.24, 2.45) is 0 Å². The molecular formula is C13H19IO2. The minimum atomic E-state index is 0.0784. The lowest BCUT2D eigenvalue weighted by molar-refractivity contribution is 0.0491. The molecule has 0 aliphatic rings. The summed E-state index contributed by atoms with van der Waals surface area (Å²) < 4.78 is 11.8. The summed E-state index contributed by atoms with van der Waals surface area (Å²) >= 11 is 2.31. The number of methoxy groups -OCH3 is 1. The Bertz CT molecular complexity index is 367. The van der Waals surface area contributed by atoms with Crippen LogP contribution >= 0.6 is 22.6 Å². The lowest BCUT2D eigenvalue weighted by atomic mass is 9.85. The van der Waals surface area contributed by atoms with Gasteiger partial charge in [-0.25, -0.2) is 0 Å². The molecule has 0 aliphatic heterocycles. The fraction of sp³-hybridized carbons (Fsp3) is 0.538. The van der Waals surface area contributed by atoms with Gasteiger partial charge >= 0.3 is 0 Å². The monoisotopic (exact) mass is 334 g/mol. The number of ether oxygens (including phenoxy) is 2. The molecule has 0 aliphatic carbocycles. The fourth-order valence-electron chi connectivity index (χ4n) is 1.55. The first-order valence-corrected chi connectivity index (χ1v) is 6.36. The highest BCUT2D eigenvalue weighted by molar-refractivity contribution is 14.1. The van der Waals surface area contributed by atoms with Crippen LogP contribution in [0.5, 0.6) is 5.75 Å². The van der Waals surface area contributed by atoms with Gasteiger partial charge in [-0.05, 0) is 46.6 Å². The summed E-state index contributed by atoms with van der Waals surface area (Å²) in [4.78, 5) is 0. The molecule has 0 heterocycles. The molecule has 0 radical (unpaired) electrons. The molecule has 2 nitrogen and oxygen atoms in total. The van der Waals surface area contributed by atoms with Crippen molar-refractivity contribution in [3.05, 3.63) is 26.8 Å². The molecule has 16 heavy (non-hydrogen) atoms. The van der Waals surface area contributed by atoms with Gasteiger partial charge in [0.05, 0.1) is 3.57 Å². The van der Waals surface area contributed by atoms with Crippen LogP contribution in [0.15, 0.2) is 12.1 Å². The average molecular weight is 334 g/mol. The Labute approximate surface area is 111 Å². The number of hydrogen-bond donors (Lipinski definition) is 0. The van der Waals surface area contributed by atoms with Gasteiger partial charge in [-0.1, -0.05) is 26.8 Å². The average Bonchev–Trinajstić information content (AvgIpc) is 2.14. The smallest absolute Gasteiger partial charge is 0.188 e. The molecular weight excluding hydrogens is 315 g/mol. The first-order valence-electron chi connectivity index (χ1n) is 5.28. The van der Waals surface area contributed by atoms with Crippen molar-refractivity contribution < 1.29 is 9.47 Å². The maximum Gasteiger partial charge on any atom is 0.188 e. The van der Waals surface area contributed by atoms with Crippen LogP contribution in [0.3, 0.4) is 0 Å². The van der Waals surface area contributed by atoms with Crippen LogP contribution in [-0.4, -0.2) is 13.9 Å². The van der Waals surface area contributed by atoms with Crippen LogP contribution in [0.2, 0.25) is 0 Å². The van der Waals surface area contributed by atoms with E-state index < -0.39 is 0 Å². The van der Waals surface area contributed by atoms with Gasteiger partial charge < -0.3 is 9.47 Å². The summed E-state index contributed by atoms with van der Waals surface area (Å²) in [6, 6.07) is 4.31. The summed E-state index contributed by atoms with van der Waals surface area (Å²) in [6.07, 6.45) is 0. The quantitative estimate of drug-likeness (QED) is 0.617. The third-order valence-electron chi connectivity index (χ3n) is 2.32. The van der Waals surface area contributed by atoms with Crippen LogP contribution < -0.4 is 4.74 Å². The number of rotatable bonds is 3. The van der Waals surface area contributed by atoms with E-state index in [0.717, 1.165) is 9.32 Å².